The second-order valence-electron chi connectivity index (χ2n) is 5.00. The minimum absolute atomic E-state index is 0.124. The highest BCUT2D eigenvalue weighted by Gasteiger charge is 2.38. The summed E-state index contributed by atoms with van der Waals surface area (Å²) in [7, 11) is 0. The monoisotopic (exact) mass is 286 g/mol. The van der Waals surface area contributed by atoms with Crippen LogP contribution in [0.2, 0.25) is 0 Å². The molecule has 6 nitrogen and oxygen atoms in total. The van der Waals surface area contributed by atoms with Gasteiger partial charge in [-0.15, -0.1) is 0 Å². The van der Waals surface area contributed by atoms with E-state index < -0.39 is 6.04 Å². The summed E-state index contributed by atoms with van der Waals surface area (Å²) < 4.78 is 5.72. The minimum Gasteiger partial charge on any atom is -0.493 e. The molecule has 0 aliphatic carbocycles. The summed E-state index contributed by atoms with van der Waals surface area (Å²) in [6.07, 6.45) is 0.587. The zero-order chi connectivity index (χ0) is 14.8. The van der Waals surface area contributed by atoms with Gasteiger partial charge >= 0.3 is 0 Å². The molecule has 3 rings (SSSR count). The number of fused-ring (bicyclic) bond motifs is 1. The van der Waals surface area contributed by atoms with Crippen molar-refractivity contribution in [3.63, 3.8) is 0 Å². The predicted molar refractivity (Wildman–Crippen MR) is 79.9 cm³/mol. The van der Waals surface area contributed by atoms with Crippen LogP contribution in [0.25, 0.3) is 0 Å². The van der Waals surface area contributed by atoms with Crippen molar-refractivity contribution >= 4 is 11.7 Å². The van der Waals surface area contributed by atoms with E-state index in [2.05, 4.69) is 27.5 Å². The van der Waals surface area contributed by atoms with Crippen LogP contribution in [0.5, 0.6) is 5.75 Å². The molecule has 0 saturated carbocycles. The third-order valence-electron chi connectivity index (χ3n) is 3.36. The van der Waals surface area contributed by atoms with Gasteiger partial charge in [0.05, 0.1) is 18.0 Å². The average molecular weight is 286 g/mol. The normalized spacial score (nSPS) is 23.6. The molecule has 2 heterocycles. The molecule has 0 radical (unpaired) electrons. The summed E-state index contributed by atoms with van der Waals surface area (Å²) >= 11 is 0. The molecule has 1 aromatic rings. The van der Waals surface area contributed by atoms with E-state index in [0.29, 0.717) is 18.3 Å². The van der Waals surface area contributed by atoms with E-state index in [4.69, 9.17) is 4.74 Å². The Labute approximate surface area is 123 Å². The van der Waals surface area contributed by atoms with Crippen LogP contribution < -0.4 is 20.7 Å². The van der Waals surface area contributed by atoms with Crippen LogP contribution in [0, 0.1) is 0 Å². The molecule has 0 spiro atoms. The SMILES string of the molecule is C=C1NC2N=C(c3ccccc3OCCC)NC(=O)C2N1. The predicted octanol–water partition coefficient (Wildman–Crippen LogP) is 0.710. The Morgan fingerprint density at radius 1 is 1.33 bits per heavy atom. The molecule has 2 unspecified atom stereocenters. The van der Waals surface area contributed by atoms with Crippen LogP contribution in [-0.4, -0.2) is 30.6 Å². The first kappa shape index (κ1) is 13.5. The summed E-state index contributed by atoms with van der Waals surface area (Å²) in [4.78, 5) is 16.7. The van der Waals surface area contributed by atoms with Gasteiger partial charge in [-0.25, -0.2) is 4.99 Å². The highest BCUT2D eigenvalue weighted by molar-refractivity contribution is 6.12. The van der Waals surface area contributed by atoms with Crippen LogP contribution in [0.15, 0.2) is 41.7 Å². The fourth-order valence-electron chi connectivity index (χ4n) is 2.39. The number of ether oxygens (including phenoxy) is 1. The Kier molecular flexibility index (Phi) is 3.51. The molecule has 1 fully saturated rings. The molecule has 0 aromatic heterocycles. The number of aliphatic imine (C=N–C) groups is 1. The van der Waals surface area contributed by atoms with E-state index in [9.17, 15) is 4.79 Å². The molecule has 3 N–H and O–H groups in total. The number of benzene rings is 1. The summed E-state index contributed by atoms with van der Waals surface area (Å²) in [6, 6.07) is 7.16. The van der Waals surface area contributed by atoms with Gasteiger partial charge in [-0.05, 0) is 18.6 Å². The largest absolute Gasteiger partial charge is 0.493 e. The Hall–Kier alpha value is -2.50. The minimum atomic E-state index is -0.412. The number of hydrogen-bond acceptors (Lipinski definition) is 5. The van der Waals surface area contributed by atoms with Gasteiger partial charge in [0.25, 0.3) is 5.91 Å². The molecule has 6 heteroatoms. The summed E-state index contributed by atoms with van der Waals surface area (Å²) in [6.45, 7) is 6.45. The van der Waals surface area contributed by atoms with Gasteiger partial charge in [-0.2, -0.15) is 0 Å². The number of nitrogens with one attached hydrogen (secondary N) is 3. The molecule has 2 aliphatic heterocycles. The topological polar surface area (TPSA) is 74.8 Å². The van der Waals surface area contributed by atoms with Gasteiger partial charge in [0.1, 0.15) is 17.6 Å². The van der Waals surface area contributed by atoms with Crippen molar-refractivity contribution < 1.29 is 9.53 Å². The smallest absolute Gasteiger partial charge is 0.252 e. The Bertz CT molecular complexity index is 611. The molecule has 1 saturated heterocycles. The fraction of sp³-hybridized carbons (Fsp3) is 0.333. The zero-order valence-electron chi connectivity index (χ0n) is 11.8. The summed E-state index contributed by atoms with van der Waals surface area (Å²) in [5.41, 5.74) is 0.789. The number of rotatable bonds is 4. The third kappa shape index (κ3) is 2.56. The molecule has 1 aromatic carbocycles. The quantitative estimate of drug-likeness (QED) is 0.762. The van der Waals surface area contributed by atoms with Crippen LogP contribution in [-0.2, 0) is 4.79 Å². The van der Waals surface area contributed by atoms with Gasteiger partial charge in [0, 0.05) is 0 Å². The van der Waals surface area contributed by atoms with E-state index in [0.717, 1.165) is 17.7 Å². The van der Waals surface area contributed by atoms with E-state index in [1.54, 1.807) is 0 Å². The molecule has 110 valence electrons. The van der Waals surface area contributed by atoms with Crippen molar-refractivity contribution in [3.8, 4) is 5.75 Å². The van der Waals surface area contributed by atoms with Crippen LogP contribution in [0.3, 0.4) is 0 Å². The van der Waals surface area contributed by atoms with Gasteiger partial charge in [-0.1, -0.05) is 25.6 Å². The number of nitrogens with zero attached hydrogens (tertiary/aromatic N) is 1. The van der Waals surface area contributed by atoms with Crippen molar-refractivity contribution in [2.24, 2.45) is 4.99 Å². The van der Waals surface area contributed by atoms with E-state index in [1.165, 1.54) is 0 Å². The maximum atomic E-state index is 12.2. The van der Waals surface area contributed by atoms with E-state index >= 15 is 0 Å². The zero-order valence-corrected chi connectivity index (χ0v) is 11.8. The molecule has 2 aliphatic rings. The maximum Gasteiger partial charge on any atom is 0.252 e. The molecule has 2 atom stereocenters. The van der Waals surface area contributed by atoms with Crippen molar-refractivity contribution in [2.75, 3.05) is 6.61 Å². The second kappa shape index (κ2) is 5.47. The lowest BCUT2D eigenvalue weighted by Gasteiger charge is -2.23. The van der Waals surface area contributed by atoms with E-state index in [-0.39, 0.29) is 12.1 Å². The van der Waals surface area contributed by atoms with Crippen LogP contribution in [0.4, 0.5) is 0 Å². The number of amides is 1. The first-order valence-electron chi connectivity index (χ1n) is 7.02. The van der Waals surface area contributed by atoms with Crippen molar-refractivity contribution in [1.29, 1.82) is 0 Å². The highest BCUT2D eigenvalue weighted by Crippen LogP contribution is 2.21. The number of para-hydroxylation sites is 1. The van der Waals surface area contributed by atoms with Gasteiger partial charge in [0.15, 0.2) is 6.17 Å². The van der Waals surface area contributed by atoms with Crippen molar-refractivity contribution in [3.05, 3.63) is 42.2 Å². The Morgan fingerprint density at radius 2 is 2.14 bits per heavy atom. The van der Waals surface area contributed by atoms with Crippen LogP contribution >= 0.6 is 0 Å². The number of carbonyl (C=O) groups excluding carboxylic acids is 1. The fourth-order valence-corrected chi connectivity index (χ4v) is 2.39. The van der Waals surface area contributed by atoms with Gasteiger partial charge in [-0.3, -0.25) is 4.79 Å². The average Bonchev–Trinajstić information content (AvgIpc) is 2.86. The number of amidine groups is 1. The third-order valence-corrected chi connectivity index (χ3v) is 3.36. The Balaban J connectivity index is 1.92. The van der Waals surface area contributed by atoms with Gasteiger partial charge in [0.2, 0.25) is 0 Å². The molecular weight excluding hydrogens is 268 g/mol. The molecule has 21 heavy (non-hydrogen) atoms. The Morgan fingerprint density at radius 3 is 2.95 bits per heavy atom. The second-order valence-corrected chi connectivity index (χ2v) is 5.00. The first-order valence-corrected chi connectivity index (χ1v) is 7.02. The molecule has 1 amide bonds. The highest BCUT2D eigenvalue weighted by atomic mass is 16.5. The van der Waals surface area contributed by atoms with Crippen molar-refractivity contribution in [2.45, 2.75) is 25.6 Å². The number of carbonyl (C=O) groups is 1. The standard InChI is InChI=1S/C15H18N4O2/c1-3-8-21-11-7-5-4-6-10(11)13-18-14-12(15(20)19-13)16-9(2)17-14/h4-7,12,14,16-17H,2-3,8H2,1H3,(H,18,19,20). The lowest BCUT2D eigenvalue weighted by molar-refractivity contribution is -0.122. The lowest BCUT2D eigenvalue weighted by atomic mass is 10.1. The van der Waals surface area contributed by atoms with Crippen molar-refractivity contribution in [1.82, 2.24) is 16.0 Å². The summed E-state index contributed by atoms with van der Waals surface area (Å²) in [5, 5.41) is 8.85. The van der Waals surface area contributed by atoms with Crippen LogP contribution in [0.1, 0.15) is 18.9 Å². The lowest BCUT2D eigenvalue weighted by Crippen LogP contribution is -2.53. The maximum absolute atomic E-state index is 12.2. The van der Waals surface area contributed by atoms with Gasteiger partial charge < -0.3 is 20.7 Å². The number of hydrogen-bond donors (Lipinski definition) is 3. The molecule has 0 bridgehead atoms. The summed E-state index contributed by atoms with van der Waals surface area (Å²) in [5.74, 6) is 1.74. The first-order chi connectivity index (χ1) is 10.2. The molecular formula is C15H18N4O2. The van der Waals surface area contributed by atoms with E-state index in [1.807, 2.05) is 31.2 Å².